The first-order valence-electron chi connectivity index (χ1n) is 16.4. The van der Waals surface area contributed by atoms with Crippen LogP contribution in [-0.2, 0) is 0 Å². The maximum atomic E-state index is 2.51. The molecular weight excluding hydrogens is 1020 g/mol. The SMILES string of the molecule is [CH3][Sn]([CH3])([CH3])[c]1ccc(-c2ccc(-c3cc(-c4ccc(-c5cc[c]([Sn]([CH3])([CH3])[CH3])s5)s4)cc(-c4ccc(-c5cc[c]([Sn]([CH3])([CH3])[CH3])s5)s4)c3)s2)s1. The van der Waals surface area contributed by atoms with Gasteiger partial charge in [0, 0.05) is 0 Å². The second-order valence-corrected chi connectivity index (χ2v) is 68.3. The fourth-order valence-corrected chi connectivity index (χ4v) is 27.7. The fraction of sp³-hybridized carbons (Fsp3) is 0.231. The Balaban J connectivity index is 1.28. The van der Waals surface area contributed by atoms with Crippen LogP contribution < -0.4 is 8.68 Å². The summed E-state index contributed by atoms with van der Waals surface area (Å²) in [4.78, 5) is 35.0. The van der Waals surface area contributed by atoms with Gasteiger partial charge in [-0.3, -0.25) is 0 Å². The predicted octanol–water partition coefficient (Wildman–Crippen LogP) is 13.7. The van der Waals surface area contributed by atoms with E-state index >= 15 is 0 Å². The molecule has 7 rings (SSSR count). The van der Waals surface area contributed by atoms with Crippen LogP contribution in [0.5, 0.6) is 0 Å². The van der Waals surface area contributed by atoms with E-state index in [1.165, 1.54) is 60.6 Å². The predicted molar refractivity (Wildman–Crippen MR) is 235 cm³/mol. The van der Waals surface area contributed by atoms with Crippen molar-refractivity contribution >= 4 is 132 Å². The first-order chi connectivity index (χ1) is 22.6. The number of hydrogen-bond acceptors (Lipinski definition) is 6. The van der Waals surface area contributed by atoms with Gasteiger partial charge in [0.25, 0.3) is 0 Å². The second kappa shape index (κ2) is 14.0. The Bertz CT molecular complexity index is 1950. The summed E-state index contributed by atoms with van der Waals surface area (Å²) in [5.74, 6) is 0. The van der Waals surface area contributed by atoms with Crippen molar-refractivity contribution in [1.82, 2.24) is 0 Å². The zero-order valence-electron chi connectivity index (χ0n) is 29.1. The molecule has 9 heteroatoms. The summed E-state index contributed by atoms with van der Waals surface area (Å²) in [6.45, 7) is 0. The monoisotopic (exact) mass is 1060 g/mol. The van der Waals surface area contributed by atoms with Gasteiger partial charge in [-0.15, -0.1) is 0 Å². The quantitative estimate of drug-likeness (QED) is 0.126. The topological polar surface area (TPSA) is 0 Å². The van der Waals surface area contributed by atoms with Gasteiger partial charge >= 0.3 is 328 Å². The molecule has 0 radical (unpaired) electrons. The van der Waals surface area contributed by atoms with E-state index in [9.17, 15) is 0 Å². The first kappa shape index (κ1) is 36.2. The van der Waals surface area contributed by atoms with Crippen LogP contribution in [0.15, 0.2) is 91.0 Å². The van der Waals surface area contributed by atoms with Crippen molar-refractivity contribution in [1.29, 1.82) is 0 Å². The summed E-state index contributed by atoms with van der Waals surface area (Å²) >= 11 is 5.64. The molecule has 0 spiro atoms. The number of rotatable bonds is 9. The van der Waals surface area contributed by atoms with Crippen molar-refractivity contribution in [2.75, 3.05) is 0 Å². The minimum atomic E-state index is -2.09. The van der Waals surface area contributed by atoms with Crippen molar-refractivity contribution in [3.8, 4) is 60.6 Å². The Morgan fingerprint density at radius 1 is 0.271 bits per heavy atom. The van der Waals surface area contributed by atoms with Gasteiger partial charge in [-0.25, -0.2) is 0 Å². The van der Waals surface area contributed by atoms with Crippen LogP contribution >= 0.6 is 68.0 Å². The molecule has 48 heavy (non-hydrogen) atoms. The van der Waals surface area contributed by atoms with Crippen LogP contribution in [0.2, 0.25) is 44.5 Å². The Labute approximate surface area is 323 Å². The third-order valence-corrected chi connectivity index (χ3v) is 44.1. The van der Waals surface area contributed by atoms with Gasteiger partial charge in [0.2, 0.25) is 0 Å². The molecule has 7 aromatic rings. The summed E-state index contributed by atoms with van der Waals surface area (Å²) in [7, 11) is 0. The average molecular weight is 1060 g/mol. The molecule has 6 aromatic heterocycles. The molecule has 0 nitrogen and oxygen atoms in total. The second-order valence-electron chi connectivity index (χ2n) is 15.5. The molecule has 0 unspecified atom stereocenters. The Kier molecular flexibility index (Phi) is 10.5. The average Bonchev–Trinajstić information content (AvgIpc) is 3.87. The van der Waals surface area contributed by atoms with Gasteiger partial charge < -0.3 is 0 Å². The third kappa shape index (κ3) is 7.92. The van der Waals surface area contributed by atoms with Crippen LogP contribution in [-0.4, -0.2) is 55.1 Å². The van der Waals surface area contributed by atoms with E-state index in [-0.39, 0.29) is 0 Å². The van der Waals surface area contributed by atoms with Crippen LogP contribution in [0, 0.1) is 0 Å². The van der Waals surface area contributed by atoms with Crippen LogP contribution in [0.4, 0.5) is 0 Å². The van der Waals surface area contributed by atoms with Crippen molar-refractivity contribution in [2.24, 2.45) is 0 Å². The third-order valence-electron chi connectivity index (χ3n) is 8.37. The summed E-state index contributed by atoms with van der Waals surface area (Å²) in [6, 6.07) is 35.7. The molecule has 0 saturated heterocycles. The minimum absolute atomic E-state index is 1.32. The molecule has 0 aliphatic rings. The van der Waals surface area contributed by atoms with Gasteiger partial charge in [-0.05, 0) is 0 Å². The normalized spacial score (nSPS) is 12.7. The Morgan fingerprint density at radius 3 is 0.708 bits per heavy atom. The van der Waals surface area contributed by atoms with Gasteiger partial charge in [0.1, 0.15) is 0 Å². The molecule has 6 heterocycles. The van der Waals surface area contributed by atoms with E-state index in [2.05, 4.69) is 135 Å². The molecule has 0 aliphatic heterocycles. The van der Waals surface area contributed by atoms with Crippen molar-refractivity contribution < 1.29 is 0 Å². The Morgan fingerprint density at radius 2 is 0.479 bits per heavy atom. The number of benzene rings is 1. The van der Waals surface area contributed by atoms with E-state index in [0.717, 1.165) is 0 Å². The zero-order chi connectivity index (χ0) is 34.0. The molecule has 0 aliphatic carbocycles. The van der Waals surface area contributed by atoms with Gasteiger partial charge in [-0.2, -0.15) is 0 Å². The van der Waals surface area contributed by atoms with Gasteiger partial charge in [0.05, 0.1) is 0 Å². The van der Waals surface area contributed by atoms with E-state index in [1.807, 2.05) is 68.0 Å². The molecule has 0 amide bonds. The summed E-state index contributed by atoms with van der Waals surface area (Å²) in [5, 5.41) is 0. The number of thiophene rings is 6. The Hall–Kier alpha value is -0.184. The standard InChI is InChI=1S/C30H15S6.9CH3.3Sn/c1-4-25(31-13-1)28-10-7-22(34-28)19-16-20(23-8-11-29(35-23)26-5-2-14-32-26)18-21(17-19)24-9-12-30(36-24)27-6-3-15-33-27;;;;;;;;;;;;/h1-12,16-18H;9*1H3;;;. The molecule has 1 aromatic carbocycles. The van der Waals surface area contributed by atoms with E-state index in [0.29, 0.717) is 0 Å². The summed E-state index contributed by atoms with van der Waals surface area (Å²) < 4.78 is 4.94. The molecule has 0 saturated carbocycles. The molecule has 0 fully saturated rings. The van der Waals surface area contributed by atoms with Crippen LogP contribution in [0.3, 0.4) is 0 Å². The first-order valence-corrected chi connectivity index (χ1v) is 51.3. The van der Waals surface area contributed by atoms with Gasteiger partial charge in [0.15, 0.2) is 0 Å². The van der Waals surface area contributed by atoms with E-state index < -0.39 is 55.1 Å². The molecule has 246 valence electrons. The molecule has 0 N–H and O–H groups in total. The maximum absolute atomic E-state index is 2.51. The van der Waals surface area contributed by atoms with Gasteiger partial charge in [-0.1, -0.05) is 0 Å². The summed E-state index contributed by atoms with van der Waals surface area (Å²) in [5.41, 5.74) is 3.95. The zero-order valence-corrected chi connectivity index (χ0v) is 42.6. The van der Waals surface area contributed by atoms with Crippen molar-refractivity contribution in [2.45, 2.75) is 44.5 Å². The van der Waals surface area contributed by atoms with E-state index in [1.54, 1.807) is 8.68 Å². The number of hydrogen-bond donors (Lipinski definition) is 0. The van der Waals surface area contributed by atoms with Crippen LogP contribution in [0.1, 0.15) is 0 Å². The molecular formula is C39H42S6Sn3. The van der Waals surface area contributed by atoms with Crippen molar-refractivity contribution in [3.63, 3.8) is 0 Å². The molecule has 0 atom stereocenters. The van der Waals surface area contributed by atoms with E-state index in [4.69, 9.17) is 0 Å². The van der Waals surface area contributed by atoms with Crippen molar-refractivity contribution in [3.05, 3.63) is 91.0 Å². The summed E-state index contributed by atoms with van der Waals surface area (Å²) in [6.07, 6.45) is 0. The fourth-order valence-electron chi connectivity index (χ4n) is 5.55. The molecule has 0 bridgehead atoms. The van der Waals surface area contributed by atoms with Crippen LogP contribution in [0.25, 0.3) is 60.6 Å².